The van der Waals surface area contributed by atoms with Gasteiger partial charge in [0.05, 0.1) is 22.6 Å². The molecule has 16 heteroatoms. The number of aryl methyl sites for hydroxylation is 1. The van der Waals surface area contributed by atoms with Crippen LogP contribution in [0.4, 0.5) is 42.5 Å². The maximum atomic E-state index is 13.2. The number of nitrogens with zero attached hydrogens (tertiary/aromatic N) is 4. The maximum Gasteiger partial charge on any atom is 0.416 e. The van der Waals surface area contributed by atoms with Crippen LogP contribution in [0.2, 0.25) is 0 Å². The van der Waals surface area contributed by atoms with Crippen molar-refractivity contribution < 1.29 is 36.1 Å². The van der Waals surface area contributed by atoms with Gasteiger partial charge in [0.2, 0.25) is 0 Å². The summed E-state index contributed by atoms with van der Waals surface area (Å²) in [5.74, 6) is 0.634. The van der Waals surface area contributed by atoms with E-state index in [1.54, 1.807) is 0 Å². The number of benzene rings is 3. The number of non-ortho nitro benzene ring substituents is 1. The number of amides is 2. The molecule has 0 saturated heterocycles. The molecule has 4 aromatic rings. The molecule has 0 spiro atoms. The lowest BCUT2D eigenvalue weighted by Crippen LogP contribution is -2.29. The van der Waals surface area contributed by atoms with Crippen molar-refractivity contribution in [2.24, 2.45) is 0 Å². The van der Waals surface area contributed by atoms with Crippen LogP contribution in [0.3, 0.4) is 0 Å². The molecular formula is C26H20F6N6O3S. The number of nitro benzene ring substituents is 1. The van der Waals surface area contributed by atoms with Gasteiger partial charge in [-0.2, -0.15) is 26.3 Å². The SMILES string of the molecule is Cc1ccccc1CSc1nnc(CNC(=O)Nc2cc(C(F)(F)F)cc(C(F)(F)F)c2)n1-c1ccc([N+](=O)[O-])cc1. The predicted molar refractivity (Wildman–Crippen MR) is 141 cm³/mol. The Morgan fingerprint density at radius 1 is 0.952 bits per heavy atom. The second-order valence-corrected chi connectivity index (χ2v) is 9.77. The number of urea groups is 1. The minimum absolute atomic E-state index is 0.0497. The van der Waals surface area contributed by atoms with Gasteiger partial charge >= 0.3 is 18.4 Å². The van der Waals surface area contributed by atoms with E-state index in [2.05, 4.69) is 15.5 Å². The van der Waals surface area contributed by atoms with Gasteiger partial charge in [-0.25, -0.2) is 4.79 Å². The van der Waals surface area contributed by atoms with E-state index in [1.807, 2.05) is 36.5 Å². The molecular weight excluding hydrogens is 590 g/mol. The number of carbonyl (C=O) groups is 1. The number of hydrogen-bond acceptors (Lipinski definition) is 6. The summed E-state index contributed by atoms with van der Waals surface area (Å²) in [5.41, 5.74) is -1.59. The number of thioether (sulfide) groups is 1. The first-order valence-electron chi connectivity index (χ1n) is 11.9. The highest BCUT2D eigenvalue weighted by Crippen LogP contribution is 2.37. The Morgan fingerprint density at radius 3 is 2.14 bits per heavy atom. The molecule has 0 fully saturated rings. The van der Waals surface area contributed by atoms with Gasteiger partial charge in [-0.3, -0.25) is 14.7 Å². The van der Waals surface area contributed by atoms with Crippen molar-refractivity contribution in [2.75, 3.05) is 5.32 Å². The number of hydrogen-bond donors (Lipinski definition) is 2. The molecule has 0 aliphatic rings. The summed E-state index contributed by atoms with van der Waals surface area (Å²) in [6.07, 6.45) is -10.2. The molecule has 1 heterocycles. The molecule has 42 heavy (non-hydrogen) atoms. The Hall–Kier alpha value is -4.60. The van der Waals surface area contributed by atoms with E-state index < -0.39 is 40.1 Å². The number of rotatable bonds is 8. The van der Waals surface area contributed by atoms with Gasteiger partial charge in [0.25, 0.3) is 5.69 Å². The van der Waals surface area contributed by atoms with Crippen LogP contribution in [0, 0.1) is 17.0 Å². The third kappa shape index (κ3) is 7.37. The number of nitro groups is 1. The van der Waals surface area contributed by atoms with E-state index in [-0.39, 0.29) is 24.1 Å². The van der Waals surface area contributed by atoms with Crippen molar-refractivity contribution in [1.29, 1.82) is 0 Å². The second kappa shape index (κ2) is 12.1. The number of halogens is 6. The van der Waals surface area contributed by atoms with E-state index in [0.717, 1.165) is 11.1 Å². The van der Waals surface area contributed by atoms with Gasteiger partial charge < -0.3 is 10.6 Å². The Kier molecular flexibility index (Phi) is 8.75. The molecule has 0 aliphatic carbocycles. The molecule has 220 valence electrons. The third-order valence-corrected chi connectivity index (χ3v) is 6.87. The highest BCUT2D eigenvalue weighted by molar-refractivity contribution is 7.98. The highest BCUT2D eigenvalue weighted by atomic mass is 32.2. The smallest absolute Gasteiger partial charge is 0.331 e. The summed E-state index contributed by atoms with van der Waals surface area (Å²) < 4.78 is 80.5. The molecule has 2 N–H and O–H groups in total. The third-order valence-electron chi connectivity index (χ3n) is 5.89. The standard InChI is InChI=1S/C26H20F6N6O3S/c1-15-4-2-3-5-16(15)14-42-24-36-35-22(37(24)20-6-8-21(9-7-20)38(40)41)13-33-23(39)34-19-11-17(25(27,28)29)10-18(12-19)26(30,31)32/h2-12H,13-14H2,1H3,(H2,33,34,39). The van der Waals surface area contributed by atoms with Crippen LogP contribution in [0.15, 0.2) is 71.9 Å². The summed E-state index contributed by atoms with van der Waals surface area (Å²) in [7, 11) is 0. The summed E-state index contributed by atoms with van der Waals surface area (Å²) in [6.45, 7) is 1.60. The monoisotopic (exact) mass is 610 g/mol. The topological polar surface area (TPSA) is 115 Å². The minimum Gasteiger partial charge on any atom is -0.331 e. The Labute approximate surface area is 238 Å². The van der Waals surface area contributed by atoms with Crippen molar-refractivity contribution in [2.45, 2.75) is 36.7 Å². The van der Waals surface area contributed by atoms with Crippen LogP contribution in [-0.2, 0) is 24.7 Å². The lowest BCUT2D eigenvalue weighted by molar-refractivity contribution is -0.384. The molecule has 4 rings (SSSR count). The average Bonchev–Trinajstić information content (AvgIpc) is 3.33. The molecule has 0 unspecified atom stereocenters. The quantitative estimate of drug-likeness (QED) is 0.0949. The summed E-state index contributed by atoms with van der Waals surface area (Å²) in [5, 5.41) is 24.0. The minimum atomic E-state index is -5.08. The van der Waals surface area contributed by atoms with E-state index in [0.29, 0.717) is 28.7 Å². The number of nitrogens with one attached hydrogen (secondary N) is 2. The van der Waals surface area contributed by atoms with Gasteiger partial charge in [-0.05, 0) is 48.4 Å². The fraction of sp³-hybridized carbons (Fsp3) is 0.192. The number of carbonyl (C=O) groups excluding carboxylic acids is 1. The van der Waals surface area contributed by atoms with Crippen LogP contribution in [-0.4, -0.2) is 25.7 Å². The largest absolute Gasteiger partial charge is 0.416 e. The first-order chi connectivity index (χ1) is 19.7. The predicted octanol–water partition coefficient (Wildman–Crippen LogP) is 7.14. The molecule has 1 aromatic heterocycles. The van der Waals surface area contributed by atoms with Gasteiger partial charge in [-0.15, -0.1) is 10.2 Å². The number of anilines is 1. The van der Waals surface area contributed by atoms with Crippen LogP contribution in [0.25, 0.3) is 5.69 Å². The van der Waals surface area contributed by atoms with E-state index in [4.69, 9.17) is 0 Å². The molecule has 0 saturated carbocycles. The molecule has 9 nitrogen and oxygen atoms in total. The van der Waals surface area contributed by atoms with Gasteiger partial charge in [-0.1, -0.05) is 36.0 Å². The van der Waals surface area contributed by atoms with Crippen LogP contribution >= 0.6 is 11.8 Å². The Bertz CT molecular complexity index is 1570. The van der Waals surface area contributed by atoms with Crippen LogP contribution in [0.1, 0.15) is 28.1 Å². The molecule has 2 amide bonds. The zero-order chi connectivity index (χ0) is 30.7. The van der Waals surface area contributed by atoms with E-state index >= 15 is 0 Å². The molecule has 3 aromatic carbocycles. The molecule has 0 atom stereocenters. The van der Waals surface area contributed by atoms with Crippen molar-refractivity contribution in [1.82, 2.24) is 20.1 Å². The summed E-state index contributed by atoms with van der Waals surface area (Å²) in [4.78, 5) is 23.0. The fourth-order valence-corrected chi connectivity index (χ4v) is 4.81. The van der Waals surface area contributed by atoms with Crippen molar-refractivity contribution in [3.63, 3.8) is 0 Å². The first-order valence-corrected chi connectivity index (χ1v) is 12.9. The van der Waals surface area contributed by atoms with Crippen LogP contribution in [0.5, 0.6) is 0 Å². The van der Waals surface area contributed by atoms with E-state index in [9.17, 15) is 41.3 Å². The Morgan fingerprint density at radius 2 is 1.57 bits per heavy atom. The van der Waals surface area contributed by atoms with Crippen molar-refractivity contribution >= 4 is 29.2 Å². The normalized spacial score (nSPS) is 11.8. The molecule has 0 radical (unpaired) electrons. The summed E-state index contributed by atoms with van der Waals surface area (Å²) in [6, 6.07) is 12.7. The second-order valence-electron chi connectivity index (χ2n) is 8.83. The van der Waals surface area contributed by atoms with Gasteiger partial charge in [0, 0.05) is 29.3 Å². The van der Waals surface area contributed by atoms with Gasteiger partial charge in [0.1, 0.15) is 0 Å². The molecule has 0 aliphatic heterocycles. The zero-order valence-electron chi connectivity index (χ0n) is 21.5. The number of alkyl halides is 6. The lowest BCUT2D eigenvalue weighted by Gasteiger charge is -2.15. The maximum absolute atomic E-state index is 13.2. The Balaban J connectivity index is 1.57. The lowest BCUT2D eigenvalue weighted by atomic mass is 10.1. The van der Waals surface area contributed by atoms with Crippen molar-refractivity contribution in [3.05, 3.63) is 105 Å². The zero-order valence-corrected chi connectivity index (χ0v) is 22.3. The van der Waals surface area contributed by atoms with Crippen molar-refractivity contribution in [3.8, 4) is 5.69 Å². The average molecular weight is 611 g/mol. The molecule has 0 bridgehead atoms. The first kappa shape index (κ1) is 30.4. The van der Waals surface area contributed by atoms with Crippen LogP contribution < -0.4 is 10.6 Å². The highest BCUT2D eigenvalue weighted by Gasteiger charge is 2.37. The number of aromatic nitrogens is 3. The van der Waals surface area contributed by atoms with E-state index in [1.165, 1.54) is 40.6 Å². The fourth-order valence-electron chi connectivity index (χ4n) is 3.77. The summed E-state index contributed by atoms with van der Waals surface area (Å²) >= 11 is 1.30. The van der Waals surface area contributed by atoms with Gasteiger partial charge in [0.15, 0.2) is 11.0 Å².